The number of rotatable bonds is 5. The van der Waals surface area contributed by atoms with Gasteiger partial charge >= 0.3 is 0 Å². The van der Waals surface area contributed by atoms with Crippen molar-refractivity contribution >= 4 is 0 Å². The number of hydrogen-bond acceptors (Lipinski definition) is 2. The molecule has 3 heteroatoms. The number of pyridine rings is 1. The van der Waals surface area contributed by atoms with Crippen molar-refractivity contribution in [3.8, 4) is 0 Å². The highest BCUT2D eigenvalue weighted by molar-refractivity contribution is 5.18. The van der Waals surface area contributed by atoms with Crippen molar-refractivity contribution in [1.82, 2.24) is 10.3 Å². The summed E-state index contributed by atoms with van der Waals surface area (Å²) in [6.07, 6.45) is 4.45. The number of nitrogens with zero attached hydrogens (tertiary/aromatic N) is 1. The Balaban J connectivity index is 1.92. The molecular formula is C16H19FN2. The highest BCUT2D eigenvalue weighted by atomic mass is 19.1. The maximum atomic E-state index is 13.1. The first-order valence-corrected chi connectivity index (χ1v) is 6.55. The molecule has 0 aliphatic carbocycles. The molecule has 0 aliphatic rings. The van der Waals surface area contributed by atoms with Gasteiger partial charge in [0.25, 0.3) is 0 Å². The maximum Gasteiger partial charge on any atom is 0.123 e. The van der Waals surface area contributed by atoms with Gasteiger partial charge in [0.05, 0.1) is 0 Å². The van der Waals surface area contributed by atoms with E-state index in [0.29, 0.717) is 0 Å². The number of aromatic nitrogens is 1. The van der Waals surface area contributed by atoms with Gasteiger partial charge < -0.3 is 5.32 Å². The van der Waals surface area contributed by atoms with Gasteiger partial charge in [-0.15, -0.1) is 0 Å². The molecule has 0 aliphatic heterocycles. The molecule has 0 amide bonds. The van der Waals surface area contributed by atoms with E-state index in [1.54, 1.807) is 18.3 Å². The predicted molar refractivity (Wildman–Crippen MR) is 75.4 cm³/mol. The normalized spacial score (nSPS) is 14.1. The van der Waals surface area contributed by atoms with Gasteiger partial charge in [0, 0.05) is 24.5 Å². The lowest BCUT2D eigenvalue weighted by molar-refractivity contribution is 0.475. The SMILES string of the molecule is CC(Cc1cccc(F)c1)N[C@H](C)c1cccnc1. The Labute approximate surface area is 113 Å². The molecule has 2 atom stereocenters. The second kappa shape index (κ2) is 6.43. The summed E-state index contributed by atoms with van der Waals surface area (Å²) in [6, 6.07) is 11.3. The van der Waals surface area contributed by atoms with Crippen molar-refractivity contribution in [3.63, 3.8) is 0 Å². The second-order valence-electron chi connectivity index (χ2n) is 4.91. The lowest BCUT2D eigenvalue weighted by atomic mass is 10.0. The third-order valence-corrected chi connectivity index (χ3v) is 3.15. The van der Waals surface area contributed by atoms with Crippen LogP contribution in [0.25, 0.3) is 0 Å². The van der Waals surface area contributed by atoms with Crippen LogP contribution in [-0.4, -0.2) is 11.0 Å². The van der Waals surface area contributed by atoms with E-state index in [9.17, 15) is 4.39 Å². The summed E-state index contributed by atoms with van der Waals surface area (Å²) in [5, 5.41) is 3.50. The molecule has 1 heterocycles. The minimum atomic E-state index is -0.176. The average Bonchev–Trinajstić information content (AvgIpc) is 2.39. The third-order valence-electron chi connectivity index (χ3n) is 3.15. The van der Waals surface area contributed by atoms with Crippen LogP contribution in [-0.2, 0) is 6.42 Å². The highest BCUT2D eigenvalue weighted by Gasteiger charge is 2.10. The van der Waals surface area contributed by atoms with E-state index in [4.69, 9.17) is 0 Å². The van der Waals surface area contributed by atoms with Gasteiger partial charge in [-0.25, -0.2) is 4.39 Å². The lowest BCUT2D eigenvalue weighted by Gasteiger charge is -2.20. The first-order chi connectivity index (χ1) is 9.15. The van der Waals surface area contributed by atoms with Crippen molar-refractivity contribution in [1.29, 1.82) is 0 Å². The molecule has 0 saturated carbocycles. The van der Waals surface area contributed by atoms with Gasteiger partial charge in [-0.05, 0) is 49.6 Å². The largest absolute Gasteiger partial charge is 0.307 e. The summed E-state index contributed by atoms with van der Waals surface area (Å²) in [7, 11) is 0. The Kier molecular flexibility index (Phi) is 4.63. The topological polar surface area (TPSA) is 24.9 Å². The van der Waals surface area contributed by atoms with Crippen LogP contribution >= 0.6 is 0 Å². The summed E-state index contributed by atoms with van der Waals surface area (Å²) < 4.78 is 13.1. The van der Waals surface area contributed by atoms with Crippen LogP contribution in [0.1, 0.15) is 31.0 Å². The van der Waals surface area contributed by atoms with E-state index in [1.165, 1.54) is 6.07 Å². The summed E-state index contributed by atoms with van der Waals surface area (Å²) in [5.41, 5.74) is 2.17. The molecule has 2 aromatic rings. The fourth-order valence-electron chi connectivity index (χ4n) is 2.23. The fraction of sp³-hybridized carbons (Fsp3) is 0.312. The molecular weight excluding hydrogens is 239 g/mol. The van der Waals surface area contributed by atoms with E-state index >= 15 is 0 Å². The van der Waals surface area contributed by atoms with E-state index in [2.05, 4.69) is 30.2 Å². The number of hydrogen-bond donors (Lipinski definition) is 1. The molecule has 100 valence electrons. The predicted octanol–water partition coefficient (Wildman–Crippen LogP) is 3.50. The van der Waals surface area contributed by atoms with Crippen LogP contribution in [0.3, 0.4) is 0 Å². The molecule has 2 nitrogen and oxygen atoms in total. The zero-order valence-corrected chi connectivity index (χ0v) is 11.3. The molecule has 1 aromatic heterocycles. The Morgan fingerprint density at radius 1 is 1.21 bits per heavy atom. The van der Waals surface area contributed by atoms with E-state index in [1.807, 2.05) is 18.3 Å². The van der Waals surface area contributed by atoms with Crippen LogP contribution in [0.2, 0.25) is 0 Å². The second-order valence-corrected chi connectivity index (χ2v) is 4.91. The Bertz CT molecular complexity index is 513. The van der Waals surface area contributed by atoms with Crippen LogP contribution in [0.4, 0.5) is 4.39 Å². The summed E-state index contributed by atoms with van der Waals surface area (Å²) in [6.45, 7) is 4.22. The molecule has 0 saturated heterocycles. The molecule has 0 bridgehead atoms. The summed E-state index contributed by atoms with van der Waals surface area (Å²) in [5.74, 6) is -0.176. The van der Waals surface area contributed by atoms with Gasteiger partial charge in [0.2, 0.25) is 0 Å². The van der Waals surface area contributed by atoms with Gasteiger partial charge in [-0.3, -0.25) is 4.98 Å². The van der Waals surface area contributed by atoms with E-state index in [-0.39, 0.29) is 17.9 Å². The molecule has 0 spiro atoms. The number of benzene rings is 1. The Morgan fingerprint density at radius 3 is 2.74 bits per heavy atom. The summed E-state index contributed by atoms with van der Waals surface area (Å²) in [4.78, 5) is 4.12. The van der Waals surface area contributed by atoms with Gasteiger partial charge in [0.15, 0.2) is 0 Å². The average molecular weight is 258 g/mol. The smallest absolute Gasteiger partial charge is 0.123 e. The minimum absolute atomic E-state index is 0.176. The molecule has 1 aromatic carbocycles. The van der Waals surface area contributed by atoms with Gasteiger partial charge in [-0.1, -0.05) is 18.2 Å². The van der Waals surface area contributed by atoms with Gasteiger partial charge in [0.1, 0.15) is 5.82 Å². The Hall–Kier alpha value is -1.74. The molecule has 1 N–H and O–H groups in total. The van der Waals surface area contributed by atoms with Crippen molar-refractivity contribution in [3.05, 3.63) is 65.7 Å². The molecule has 0 fully saturated rings. The zero-order chi connectivity index (χ0) is 13.7. The zero-order valence-electron chi connectivity index (χ0n) is 11.3. The molecule has 1 unspecified atom stereocenters. The fourth-order valence-corrected chi connectivity index (χ4v) is 2.23. The quantitative estimate of drug-likeness (QED) is 0.887. The Morgan fingerprint density at radius 2 is 2.05 bits per heavy atom. The minimum Gasteiger partial charge on any atom is -0.307 e. The monoisotopic (exact) mass is 258 g/mol. The van der Waals surface area contributed by atoms with Crippen molar-refractivity contribution in [2.24, 2.45) is 0 Å². The number of nitrogens with one attached hydrogen (secondary N) is 1. The highest BCUT2D eigenvalue weighted by Crippen LogP contribution is 2.13. The molecule has 0 radical (unpaired) electrons. The van der Waals surface area contributed by atoms with Gasteiger partial charge in [-0.2, -0.15) is 0 Å². The summed E-state index contributed by atoms with van der Waals surface area (Å²) >= 11 is 0. The van der Waals surface area contributed by atoms with Crippen molar-refractivity contribution in [2.45, 2.75) is 32.4 Å². The van der Waals surface area contributed by atoms with Crippen molar-refractivity contribution in [2.75, 3.05) is 0 Å². The van der Waals surface area contributed by atoms with E-state index < -0.39 is 0 Å². The van der Waals surface area contributed by atoms with Crippen LogP contribution in [0.5, 0.6) is 0 Å². The van der Waals surface area contributed by atoms with E-state index in [0.717, 1.165) is 17.5 Å². The first kappa shape index (κ1) is 13.7. The lowest BCUT2D eigenvalue weighted by Crippen LogP contribution is -2.30. The maximum absolute atomic E-state index is 13.1. The molecule has 2 rings (SSSR count). The van der Waals surface area contributed by atoms with Crippen LogP contribution in [0, 0.1) is 5.82 Å². The van der Waals surface area contributed by atoms with Crippen LogP contribution in [0.15, 0.2) is 48.8 Å². The third kappa shape index (κ3) is 4.14. The standard InChI is InChI=1S/C16H19FN2/c1-12(9-14-5-3-7-16(17)10-14)19-13(2)15-6-4-8-18-11-15/h3-8,10-13,19H,9H2,1-2H3/t12?,13-/m1/s1. The molecule has 19 heavy (non-hydrogen) atoms. The van der Waals surface area contributed by atoms with Crippen molar-refractivity contribution < 1.29 is 4.39 Å². The first-order valence-electron chi connectivity index (χ1n) is 6.55. The number of halogens is 1. The van der Waals surface area contributed by atoms with Crippen LogP contribution < -0.4 is 5.32 Å².